The normalized spacial score (nSPS) is 12.3. The Labute approximate surface area is 164 Å². The van der Waals surface area contributed by atoms with E-state index in [1.54, 1.807) is 30.3 Å². The van der Waals surface area contributed by atoms with Crippen LogP contribution in [0.4, 0.5) is 28.9 Å². The molecule has 1 atom stereocenters. The van der Waals surface area contributed by atoms with Gasteiger partial charge in [0.2, 0.25) is 11.8 Å². The highest BCUT2D eigenvalue weighted by Crippen LogP contribution is 2.33. The Kier molecular flexibility index (Phi) is 7.03. The van der Waals surface area contributed by atoms with Gasteiger partial charge in [-0.25, -0.2) is 0 Å². The first kappa shape index (κ1) is 22.0. The third-order valence-corrected chi connectivity index (χ3v) is 3.76. The average Bonchev–Trinajstić information content (AvgIpc) is 2.63. The van der Waals surface area contributed by atoms with Crippen molar-refractivity contribution in [2.24, 2.45) is 0 Å². The topological polar surface area (TPSA) is 93.5 Å². The molecule has 0 aliphatic heterocycles. The zero-order chi connectivity index (χ0) is 21.6. The number of ether oxygens (including phenoxy) is 1. The smallest absolute Gasteiger partial charge is 0.426 e. The summed E-state index contributed by atoms with van der Waals surface area (Å²) in [6.45, 7) is 1.32. The predicted octanol–water partition coefficient (Wildman–Crippen LogP) is 3.71. The van der Waals surface area contributed by atoms with Gasteiger partial charge in [0.25, 0.3) is 0 Å². The number of nitrogen functional groups attached to an aromatic ring is 1. The maximum atomic E-state index is 13.0. The van der Waals surface area contributed by atoms with E-state index in [0.29, 0.717) is 0 Å². The highest BCUT2D eigenvalue weighted by Gasteiger charge is 2.44. The Hall–Kier alpha value is -3.30. The van der Waals surface area contributed by atoms with Crippen molar-refractivity contribution < 1.29 is 31.9 Å². The van der Waals surface area contributed by atoms with E-state index in [2.05, 4.69) is 15.4 Å². The minimum Gasteiger partial charge on any atom is -0.426 e. The number of carbonyl (C=O) groups excluding carboxylic acids is 2. The zero-order valence-electron chi connectivity index (χ0n) is 15.3. The van der Waals surface area contributed by atoms with Crippen LogP contribution in [0.25, 0.3) is 0 Å². The molecule has 0 saturated heterocycles. The summed E-state index contributed by atoms with van der Waals surface area (Å²) in [5, 5.41) is 5.18. The second-order valence-corrected chi connectivity index (χ2v) is 6.13. The van der Waals surface area contributed by atoms with Crippen molar-refractivity contribution in [1.82, 2.24) is 5.32 Å². The highest BCUT2D eigenvalue weighted by atomic mass is 19.3. The molecule has 2 rings (SSSR count). The molecule has 0 aliphatic carbocycles. The maximum absolute atomic E-state index is 13.0. The minimum atomic E-state index is -4.69. The molecule has 0 heterocycles. The second kappa shape index (κ2) is 9.26. The number of anilines is 2. The van der Waals surface area contributed by atoms with Crippen LogP contribution in [-0.4, -0.2) is 24.3 Å². The number of carbonyl (C=O) groups is 2. The van der Waals surface area contributed by atoms with Crippen molar-refractivity contribution in [2.45, 2.75) is 31.9 Å². The molecule has 4 N–H and O–H groups in total. The van der Waals surface area contributed by atoms with Crippen molar-refractivity contribution in [1.29, 1.82) is 0 Å². The molecule has 29 heavy (non-hydrogen) atoms. The Bertz CT molecular complexity index is 863. The first-order valence-electron chi connectivity index (χ1n) is 8.45. The van der Waals surface area contributed by atoms with Crippen LogP contribution in [0.3, 0.4) is 0 Å². The molecular formula is C19H19F4N3O3. The van der Waals surface area contributed by atoms with Crippen LogP contribution in [0.5, 0.6) is 5.75 Å². The first-order valence-corrected chi connectivity index (χ1v) is 8.45. The van der Waals surface area contributed by atoms with E-state index >= 15 is 0 Å². The van der Waals surface area contributed by atoms with Crippen molar-refractivity contribution in [3.05, 3.63) is 54.1 Å². The third-order valence-electron chi connectivity index (χ3n) is 3.76. The van der Waals surface area contributed by atoms with Crippen LogP contribution >= 0.6 is 0 Å². The molecule has 0 bridgehead atoms. The molecule has 2 aromatic rings. The summed E-state index contributed by atoms with van der Waals surface area (Å²) in [5.41, 5.74) is 6.06. The van der Waals surface area contributed by atoms with E-state index in [0.717, 1.165) is 17.7 Å². The van der Waals surface area contributed by atoms with Gasteiger partial charge in [-0.3, -0.25) is 9.59 Å². The monoisotopic (exact) mass is 413 g/mol. The number of hydrogen-bond donors (Lipinski definition) is 3. The lowest BCUT2D eigenvalue weighted by Gasteiger charge is -2.19. The molecule has 10 heteroatoms. The second-order valence-electron chi connectivity index (χ2n) is 6.13. The lowest BCUT2D eigenvalue weighted by Crippen LogP contribution is -2.33. The van der Waals surface area contributed by atoms with Crippen molar-refractivity contribution in [3.8, 4) is 5.75 Å². The number of rotatable bonds is 8. The molecule has 0 saturated carbocycles. The average molecular weight is 413 g/mol. The third kappa shape index (κ3) is 6.37. The molecule has 156 valence electrons. The van der Waals surface area contributed by atoms with Gasteiger partial charge in [0.05, 0.1) is 18.2 Å². The first-order chi connectivity index (χ1) is 13.6. The Balaban J connectivity index is 2.07. The van der Waals surface area contributed by atoms with E-state index in [4.69, 9.17) is 5.73 Å². The number of nitrogens with one attached hydrogen (secondary N) is 2. The van der Waals surface area contributed by atoms with Crippen molar-refractivity contribution in [3.63, 3.8) is 0 Å². The largest absolute Gasteiger partial charge is 0.461 e. The molecule has 6 nitrogen and oxygen atoms in total. The van der Waals surface area contributed by atoms with E-state index in [1.807, 2.05) is 0 Å². The van der Waals surface area contributed by atoms with Crippen LogP contribution in [0.2, 0.25) is 0 Å². The standard InChI is InChI=1S/C19H19F4N3O3/c1-11(27)25-15(12-5-3-2-4-6-12)10-17(28)26-13-7-8-16(14(24)9-13)29-19(22,23)18(20)21/h2-9,15,18H,10,24H2,1H3,(H,25,27)(H,26,28). The molecule has 2 amide bonds. The summed E-state index contributed by atoms with van der Waals surface area (Å²) in [7, 11) is 0. The van der Waals surface area contributed by atoms with Crippen molar-refractivity contribution in [2.75, 3.05) is 11.1 Å². The maximum Gasteiger partial charge on any atom is 0.461 e. The molecule has 0 radical (unpaired) electrons. The summed E-state index contributed by atoms with van der Waals surface area (Å²) >= 11 is 0. The molecule has 1 unspecified atom stereocenters. The fourth-order valence-corrected chi connectivity index (χ4v) is 2.49. The van der Waals surface area contributed by atoms with Crippen molar-refractivity contribution >= 4 is 23.2 Å². The summed E-state index contributed by atoms with van der Waals surface area (Å²) in [6.07, 6.45) is -8.82. The summed E-state index contributed by atoms with van der Waals surface area (Å²) in [5.74, 6) is -1.45. The van der Waals surface area contributed by atoms with Gasteiger partial charge < -0.3 is 21.1 Å². The van der Waals surface area contributed by atoms with Gasteiger partial charge in [0.1, 0.15) is 5.75 Å². The fraction of sp³-hybridized carbons (Fsp3) is 0.263. The van der Waals surface area contributed by atoms with E-state index in [-0.39, 0.29) is 23.7 Å². The zero-order valence-corrected chi connectivity index (χ0v) is 15.3. The lowest BCUT2D eigenvalue weighted by molar-refractivity contribution is -0.252. The number of hydrogen-bond acceptors (Lipinski definition) is 4. The molecule has 0 aliphatic rings. The Morgan fingerprint density at radius 3 is 2.34 bits per heavy atom. The number of halogens is 4. The Morgan fingerprint density at radius 1 is 1.14 bits per heavy atom. The van der Waals surface area contributed by atoms with Gasteiger partial charge in [-0.05, 0) is 23.8 Å². The Morgan fingerprint density at radius 2 is 1.79 bits per heavy atom. The minimum absolute atomic E-state index is 0.106. The molecule has 0 spiro atoms. The highest BCUT2D eigenvalue weighted by molar-refractivity contribution is 5.92. The van der Waals surface area contributed by atoms with Gasteiger partial charge in [0, 0.05) is 12.6 Å². The number of benzene rings is 2. The summed E-state index contributed by atoms with van der Waals surface area (Å²) in [4.78, 5) is 23.8. The molecule has 0 aromatic heterocycles. The SMILES string of the molecule is CC(=O)NC(CC(=O)Nc1ccc(OC(F)(F)C(F)F)c(N)c1)c1ccccc1. The van der Waals surface area contributed by atoms with Gasteiger partial charge in [-0.15, -0.1) is 0 Å². The van der Waals surface area contributed by atoms with Crippen LogP contribution in [-0.2, 0) is 9.59 Å². The van der Waals surface area contributed by atoms with E-state index < -0.39 is 30.2 Å². The van der Waals surface area contributed by atoms with Crippen LogP contribution in [0.15, 0.2) is 48.5 Å². The fourth-order valence-electron chi connectivity index (χ4n) is 2.49. The van der Waals surface area contributed by atoms with Gasteiger partial charge in [-0.1, -0.05) is 30.3 Å². The number of alkyl halides is 4. The number of amides is 2. The number of nitrogens with two attached hydrogens (primary N) is 1. The predicted molar refractivity (Wildman–Crippen MR) is 98.7 cm³/mol. The molecule has 2 aromatic carbocycles. The van der Waals surface area contributed by atoms with Gasteiger partial charge in [-0.2, -0.15) is 17.6 Å². The van der Waals surface area contributed by atoms with Crippen LogP contribution in [0, 0.1) is 0 Å². The summed E-state index contributed by atoms with van der Waals surface area (Å²) in [6, 6.07) is 11.5. The summed E-state index contributed by atoms with van der Waals surface area (Å²) < 4.78 is 54.4. The van der Waals surface area contributed by atoms with Gasteiger partial charge >= 0.3 is 12.5 Å². The molecular weight excluding hydrogens is 394 g/mol. The van der Waals surface area contributed by atoms with E-state index in [9.17, 15) is 27.2 Å². The quantitative estimate of drug-likeness (QED) is 0.454. The van der Waals surface area contributed by atoms with Crippen LogP contribution in [0.1, 0.15) is 24.9 Å². The van der Waals surface area contributed by atoms with Crippen LogP contribution < -0.4 is 21.1 Å². The van der Waals surface area contributed by atoms with E-state index in [1.165, 1.54) is 13.0 Å². The van der Waals surface area contributed by atoms with Gasteiger partial charge in [0.15, 0.2) is 0 Å². The molecule has 0 fully saturated rings. The lowest BCUT2D eigenvalue weighted by atomic mass is 10.0.